The van der Waals surface area contributed by atoms with Crippen LogP contribution in [0.5, 0.6) is 11.5 Å². The third-order valence-corrected chi connectivity index (χ3v) is 3.66. The summed E-state index contributed by atoms with van der Waals surface area (Å²) in [6.45, 7) is 0. The lowest BCUT2D eigenvalue weighted by molar-refractivity contribution is 0.0943. The number of carbonyl (C=O) groups excluding carboxylic acids is 1. The minimum absolute atomic E-state index is 0.00438. The first-order valence-corrected chi connectivity index (χ1v) is 7.27. The summed E-state index contributed by atoms with van der Waals surface area (Å²) >= 11 is 0. The number of amides is 1. The third-order valence-electron chi connectivity index (χ3n) is 3.66. The molecular weight excluding hydrogens is 306 g/mol. The van der Waals surface area contributed by atoms with E-state index < -0.39 is 5.91 Å². The Morgan fingerprint density at radius 2 is 1.92 bits per heavy atom. The second kappa shape index (κ2) is 5.64. The van der Waals surface area contributed by atoms with Gasteiger partial charge in [0.05, 0.1) is 17.1 Å². The van der Waals surface area contributed by atoms with Crippen LogP contribution in [0.2, 0.25) is 0 Å². The monoisotopic (exact) mass is 319 g/mol. The number of ether oxygens (including phenoxy) is 1. The summed E-state index contributed by atoms with van der Waals surface area (Å²) < 4.78 is 5.93. The summed E-state index contributed by atoms with van der Waals surface area (Å²) in [6, 6.07) is 15.0. The van der Waals surface area contributed by atoms with Gasteiger partial charge in [0.25, 0.3) is 0 Å². The van der Waals surface area contributed by atoms with E-state index >= 15 is 0 Å². The topological polar surface area (TPSA) is 102 Å². The number of anilines is 2. The molecule has 0 bridgehead atoms. The van der Waals surface area contributed by atoms with Crippen molar-refractivity contribution in [3.05, 3.63) is 60.6 Å². The molecule has 0 fully saturated rings. The maximum atomic E-state index is 11.6. The predicted molar refractivity (Wildman–Crippen MR) is 88.9 cm³/mol. The molecule has 7 nitrogen and oxygen atoms in total. The highest BCUT2D eigenvalue weighted by molar-refractivity contribution is 5.92. The molecule has 3 aromatic rings. The highest BCUT2D eigenvalue weighted by Gasteiger charge is 2.20. The molecule has 1 aliphatic heterocycles. The molecule has 24 heavy (non-hydrogen) atoms. The SMILES string of the molecule is NNC(=O)c1nccc(-c2cccc3c2Nc2ccccc2O3)n1. The van der Waals surface area contributed by atoms with Gasteiger partial charge in [-0.3, -0.25) is 10.2 Å². The Hall–Kier alpha value is -3.45. The molecule has 1 amide bonds. The molecule has 4 N–H and O–H groups in total. The van der Waals surface area contributed by atoms with E-state index in [2.05, 4.69) is 15.3 Å². The van der Waals surface area contributed by atoms with Crippen LogP contribution in [0, 0.1) is 0 Å². The number of carbonyl (C=O) groups is 1. The van der Waals surface area contributed by atoms with Gasteiger partial charge < -0.3 is 10.1 Å². The molecule has 4 rings (SSSR count). The smallest absolute Gasteiger partial charge is 0.302 e. The largest absolute Gasteiger partial charge is 0.453 e. The summed E-state index contributed by atoms with van der Waals surface area (Å²) in [5.74, 6) is 6.05. The molecule has 2 aromatic carbocycles. The summed E-state index contributed by atoms with van der Waals surface area (Å²) in [7, 11) is 0. The lowest BCUT2D eigenvalue weighted by atomic mass is 10.1. The molecule has 118 valence electrons. The number of fused-ring (bicyclic) bond motifs is 2. The Kier molecular flexibility index (Phi) is 3.33. The van der Waals surface area contributed by atoms with E-state index in [1.807, 2.05) is 47.9 Å². The van der Waals surface area contributed by atoms with Gasteiger partial charge in [-0.15, -0.1) is 0 Å². The van der Waals surface area contributed by atoms with Crippen LogP contribution in [0.25, 0.3) is 11.3 Å². The van der Waals surface area contributed by atoms with E-state index in [-0.39, 0.29) is 5.82 Å². The number of para-hydroxylation sites is 3. The number of nitrogens with one attached hydrogen (secondary N) is 2. The summed E-state index contributed by atoms with van der Waals surface area (Å²) in [6.07, 6.45) is 1.52. The quantitative estimate of drug-likeness (QED) is 0.298. The van der Waals surface area contributed by atoms with Gasteiger partial charge in [-0.05, 0) is 24.3 Å². The minimum atomic E-state index is -0.545. The number of nitrogens with two attached hydrogens (primary N) is 1. The maximum Gasteiger partial charge on any atom is 0.302 e. The van der Waals surface area contributed by atoms with Crippen molar-refractivity contribution in [2.45, 2.75) is 0 Å². The number of benzene rings is 2. The van der Waals surface area contributed by atoms with Crippen LogP contribution < -0.4 is 21.3 Å². The van der Waals surface area contributed by atoms with Crippen LogP contribution in [0.4, 0.5) is 11.4 Å². The highest BCUT2D eigenvalue weighted by atomic mass is 16.5. The van der Waals surface area contributed by atoms with Crippen molar-refractivity contribution in [2.75, 3.05) is 5.32 Å². The number of nitrogen functional groups attached to an aromatic ring is 1. The van der Waals surface area contributed by atoms with Gasteiger partial charge in [0.15, 0.2) is 11.5 Å². The van der Waals surface area contributed by atoms with Crippen LogP contribution in [-0.2, 0) is 0 Å². The molecule has 0 saturated carbocycles. The van der Waals surface area contributed by atoms with Crippen LogP contribution in [-0.4, -0.2) is 15.9 Å². The first-order chi connectivity index (χ1) is 11.8. The Balaban J connectivity index is 1.81. The zero-order valence-electron chi connectivity index (χ0n) is 12.5. The number of hydrogen-bond donors (Lipinski definition) is 3. The van der Waals surface area contributed by atoms with Crippen molar-refractivity contribution in [3.8, 4) is 22.8 Å². The average molecular weight is 319 g/mol. The first-order valence-electron chi connectivity index (χ1n) is 7.27. The van der Waals surface area contributed by atoms with Gasteiger partial charge in [0.1, 0.15) is 0 Å². The second-order valence-electron chi connectivity index (χ2n) is 5.14. The van der Waals surface area contributed by atoms with Crippen molar-refractivity contribution in [3.63, 3.8) is 0 Å². The van der Waals surface area contributed by atoms with Gasteiger partial charge in [0.2, 0.25) is 5.82 Å². The van der Waals surface area contributed by atoms with E-state index in [4.69, 9.17) is 10.6 Å². The molecule has 0 radical (unpaired) electrons. The van der Waals surface area contributed by atoms with Crippen molar-refractivity contribution in [1.82, 2.24) is 15.4 Å². The zero-order chi connectivity index (χ0) is 16.5. The van der Waals surface area contributed by atoms with Crippen molar-refractivity contribution >= 4 is 17.3 Å². The Morgan fingerprint density at radius 1 is 1.08 bits per heavy atom. The highest BCUT2D eigenvalue weighted by Crippen LogP contribution is 2.45. The molecule has 0 atom stereocenters. The first kappa shape index (κ1) is 14.2. The van der Waals surface area contributed by atoms with E-state index in [1.165, 1.54) is 6.20 Å². The molecule has 0 unspecified atom stereocenters. The fourth-order valence-electron chi connectivity index (χ4n) is 2.55. The Bertz CT molecular complexity index is 942. The van der Waals surface area contributed by atoms with Gasteiger partial charge >= 0.3 is 5.91 Å². The minimum Gasteiger partial charge on any atom is -0.453 e. The Morgan fingerprint density at radius 3 is 2.79 bits per heavy atom. The summed E-state index contributed by atoms with van der Waals surface area (Å²) in [5, 5.41) is 3.36. The number of hydrogen-bond acceptors (Lipinski definition) is 6. The van der Waals surface area contributed by atoms with Crippen molar-refractivity contribution in [2.24, 2.45) is 5.84 Å². The van der Waals surface area contributed by atoms with Gasteiger partial charge in [-0.2, -0.15) is 0 Å². The van der Waals surface area contributed by atoms with Crippen LogP contribution in [0.1, 0.15) is 10.6 Å². The molecular formula is C17H13N5O2. The lowest BCUT2D eigenvalue weighted by Gasteiger charge is -2.23. The predicted octanol–water partition coefficient (Wildman–Crippen LogP) is 2.60. The average Bonchev–Trinajstić information content (AvgIpc) is 2.65. The second-order valence-corrected chi connectivity index (χ2v) is 5.14. The number of hydrazine groups is 1. The zero-order valence-corrected chi connectivity index (χ0v) is 12.5. The van der Waals surface area contributed by atoms with Crippen LogP contribution in [0.15, 0.2) is 54.7 Å². The third kappa shape index (κ3) is 2.33. The Labute approximate surface area is 137 Å². The maximum absolute atomic E-state index is 11.6. The fraction of sp³-hybridized carbons (Fsp3) is 0. The van der Waals surface area contributed by atoms with Crippen molar-refractivity contribution < 1.29 is 9.53 Å². The molecule has 1 aromatic heterocycles. The number of rotatable bonds is 2. The van der Waals surface area contributed by atoms with Crippen LogP contribution in [0.3, 0.4) is 0 Å². The normalized spacial score (nSPS) is 11.5. The molecule has 1 aliphatic rings. The molecule has 7 heteroatoms. The van der Waals surface area contributed by atoms with Crippen molar-refractivity contribution in [1.29, 1.82) is 0 Å². The van der Waals surface area contributed by atoms with Gasteiger partial charge in [-0.25, -0.2) is 15.8 Å². The van der Waals surface area contributed by atoms with E-state index in [9.17, 15) is 4.79 Å². The molecule has 2 heterocycles. The molecule has 0 spiro atoms. The van der Waals surface area contributed by atoms with E-state index in [0.717, 1.165) is 22.7 Å². The lowest BCUT2D eigenvalue weighted by Crippen LogP contribution is -2.31. The summed E-state index contributed by atoms with van der Waals surface area (Å²) in [4.78, 5) is 19.9. The number of aromatic nitrogens is 2. The molecule has 0 saturated heterocycles. The van der Waals surface area contributed by atoms with Gasteiger partial charge in [-0.1, -0.05) is 24.3 Å². The van der Waals surface area contributed by atoms with Gasteiger partial charge in [0, 0.05) is 11.8 Å². The number of nitrogens with zero attached hydrogens (tertiary/aromatic N) is 2. The molecule has 0 aliphatic carbocycles. The standard InChI is InChI=1S/C17H13N5O2/c18-22-17(23)16-19-9-8-11(21-16)10-4-3-7-14-15(10)20-12-5-1-2-6-13(12)24-14/h1-9,20H,18H2,(H,22,23). The fourth-order valence-corrected chi connectivity index (χ4v) is 2.55. The summed E-state index contributed by atoms with van der Waals surface area (Å²) in [5.41, 5.74) is 5.08. The van der Waals surface area contributed by atoms with E-state index in [1.54, 1.807) is 6.07 Å². The van der Waals surface area contributed by atoms with E-state index in [0.29, 0.717) is 11.4 Å². The van der Waals surface area contributed by atoms with Crippen LogP contribution >= 0.6 is 0 Å².